The predicted molar refractivity (Wildman–Crippen MR) is 124 cm³/mol. The number of rotatable bonds is 5. The summed E-state index contributed by atoms with van der Waals surface area (Å²) in [5, 5.41) is 7.41. The molecule has 1 aliphatic heterocycles. The lowest BCUT2D eigenvalue weighted by Gasteiger charge is -2.35. The quantitative estimate of drug-likeness (QED) is 0.593. The van der Waals surface area contributed by atoms with Crippen molar-refractivity contribution in [3.63, 3.8) is 0 Å². The summed E-state index contributed by atoms with van der Waals surface area (Å²) < 4.78 is 10.7. The van der Waals surface area contributed by atoms with Gasteiger partial charge in [0.05, 0.1) is 16.8 Å². The van der Waals surface area contributed by atoms with Crippen molar-refractivity contribution in [2.75, 3.05) is 19.1 Å². The van der Waals surface area contributed by atoms with E-state index in [2.05, 4.69) is 32.5 Å². The highest BCUT2D eigenvalue weighted by molar-refractivity contribution is 6.34. The van der Waals surface area contributed by atoms with Crippen molar-refractivity contribution in [3.8, 4) is 11.1 Å². The van der Waals surface area contributed by atoms with Crippen LogP contribution in [0.3, 0.4) is 0 Å². The number of aromatic nitrogens is 2. The number of carbonyl (C=O) groups excluding carboxylic acids is 1. The minimum Gasteiger partial charge on any atom is -0.362 e. The van der Waals surface area contributed by atoms with Gasteiger partial charge >= 0.3 is 0 Å². The zero-order valence-electron chi connectivity index (χ0n) is 18.9. The molecule has 0 fully saturated rings. The predicted octanol–water partition coefficient (Wildman–Crippen LogP) is 4.85. The van der Waals surface area contributed by atoms with Gasteiger partial charge in [-0.3, -0.25) is 9.78 Å². The monoisotopic (exact) mass is 454 g/mol. The standard InChI is InChI=1S/C24H27ClN4O3/c1-13(27-24(30)22-14(2)28-32-15(22)3)18-11-26-12-19(23(18)25)16-6-8-20-17(10-16)7-9-21(31-5)29(20)4/h6,8,10-13,21H,7,9H2,1-5H3,(H,27,30). The van der Waals surface area contributed by atoms with E-state index in [1.807, 2.05) is 20.0 Å². The first kappa shape index (κ1) is 22.3. The van der Waals surface area contributed by atoms with Crippen molar-refractivity contribution in [2.24, 2.45) is 0 Å². The molecule has 8 heteroatoms. The Morgan fingerprint density at radius 3 is 2.81 bits per heavy atom. The molecule has 0 radical (unpaired) electrons. The number of pyridine rings is 1. The van der Waals surface area contributed by atoms with Crippen LogP contribution in [0.5, 0.6) is 0 Å². The second-order valence-electron chi connectivity index (χ2n) is 8.17. The first-order valence-corrected chi connectivity index (χ1v) is 11.0. The Bertz CT molecular complexity index is 1140. The fourth-order valence-corrected chi connectivity index (χ4v) is 4.69. The smallest absolute Gasteiger partial charge is 0.257 e. The number of carbonyl (C=O) groups is 1. The van der Waals surface area contributed by atoms with Gasteiger partial charge in [-0.15, -0.1) is 0 Å². The van der Waals surface area contributed by atoms with Gasteiger partial charge in [-0.2, -0.15) is 0 Å². The molecule has 4 rings (SSSR count). The van der Waals surface area contributed by atoms with Crippen LogP contribution in [0, 0.1) is 13.8 Å². The van der Waals surface area contributed by atoms with Crippen LogP contribution in [0.1, 0.15) is 52.3 Å². The van der Waals surface area contributed by atoms with Crippen molar-refractivity contribution >= 4 is 23.2 Å². The fourth-order valence-electron chi connectivity index (χ4n) is 4.32. The molecule has 0 bridgehead atoms. The van der Waals surface area contributed by atoms with Gasteiger partial charge in [-0.1, -0.05) is 22.8 Å². The molecule has 32 heavy (non-hydrogen) atoms. The maximum Gasteiger partial charge on any atom is 0.257 e. The van der Waals surface area contributed by atoms with Crippen LogP contribution < -0.4 is 10.2 Å². The number of hydrogen-bond donors (Lipinski definition) is 1. The Balaban J connectivity index is 1.61. The normalized spacial score (nSPS) is 16.6. The van der Waals surface area contributed by atoms with Gasteiger partial charge in [0, 0.05) is 43.4 Å². The molecule has 2 atom stereocenters. The number of methoxy groups -OCH3 is 1. The largest absolute Gasteiger partial charge is 0.362 e. The molecule has 1 aromatic carbocycles. The molecule has 168 valence electrons. The number of benzene rings is 1. The lowest BCUT2D eigenvalue weighted by molar-refractivity contribution is 0.0923. The van der Waals surface area contributed by atoms with Crippen molar-refractivity contribution in [3.05, 3.63) is 63.8 Å². The third-order valence-corrected chi connectivity index (χ3v) is 6.54. The topological polar surface area (TPSA) is 80.5 Å². The van der Waals surface area contributed by atoms with E-state index >= 15 is 0 Å². The summed E-state index contributed by atoms with van der Waals surface area (Å²) in [7, 11) is 3.79. The van der Waals surface area contributed by atoms with Gasteiger partial charge in [0.25, 0.3) is 5.91 Å². The Kier molecular flexibility index (Phi) is 6.22. The van der Waals surface area contributed by atoms with Crippen molar-refractivity contribution < 1.29 is 14.1 Å². The fraction of sp³-hybridized carbons (Fsp3) is 0.375. The number of ether oxygens (including phenoxy) is 1. The van der Waals surface area contributed by atoms with Gasteiger partial charge in [0.1, 0.15) is 17.6 Å². The molecule has 1 N–H and O–H groups in total. The summed E-state index contributed by atoms with van der Waals surface area (Å²) in [4.78, 5) is 19.3. The Hall–Kier alpha value is -2.90. The molecule has 0 spiro atoms. The number of nitrogens with zero attached hydrogens (tertiary/aromatic N) is 3. The van der Waals surface area contributed by atoms with Crippen LogP contribution in [-0.4, -0.2) is 36.4 Å². The number of halogens is 1. The zero-order chi connectivity index (χ0) is 23.0. The van der Waals surface area contributed by atoms with Crippen LogP contribution in [0.15, 0.2) is 35.1 Å². The third kappa shape index (κ3) is 3.98. The lowest BCUT2D eigenvalue weighted by atomic mass is 9.95. The number of amides is 1. The molecule has 0 saturated carbocycles. The Morgan fingerprint density at radius 2 is 2.12 bits per heavy atom. The van der Waals surface area contributed by atoms with Crippen LogP contribution in [0.2, 0.25) is 5.02 Å². The zero-order valence-corrected chi connectivity index (χ0v) is 19.7. The van der Waals surface area contributed by atoms with E-state index in [4.69, 9.17) is 20.9 Å². The maximum absolute atomic E-state index is 12.8. The molecular formula is C24H27ClN4O3. The number of anilines is 1. The summed E-state index contributed by atoms with van der Waals surface area (Å²) in [5.74, 6) is 0.236. The van der Waals surface area contributed by atoms with Gasteiger partial charge in [-0.05, 0) is 56.9 Å². The van der Waals surface area contributed by atoms with Crippen molar-refractivity contribution in [1.29, 1.82) is 0 Å². The molecule has 3 aromatic rings. The van der Waals surface area contributed by atoms with E-state index < -0.39 is 0 Å². The van der Waals surface area contributed by atoms with E-state index in [0.29, 0.717) is 22.0 Å². The lowest BCUT2D eigenvalue weighted by Crippen LogP contribution is -2.37. The van der Waals surface area contributed by atoms with E-state index in [1.54, 1.807) is 33.4 Å². The van der Waals surface area contributed by atoms with Gasteiger partial charge in [0.15, 0.2) is 0 Å². The summed E-state index contributed by atoms with van der Waals surface area (Å²) in [6.45, 7) is 5.35. The highest BCUT2D eigenvalue weighted by Gasteiger charge is 2.25. The van der Waals surface area contributed by atoms with E-state index in [0.717, 1.165) is 35.2 Å². The molecular weight excluding hydrogens is 428 g/mol. The van der Waals surface area contributed by atoms with E-state index in [1.165, 1.54) is 5.56 Å². The highest BCUT2D eigenvalue weighted by Crippen LogP contribution is 2.37. The third-order valence-electron chi connectivity index (χ3n) is 6.12. The summed E-state index contributed by atoms with van der Waals surface area (Å²) in [6.07, 6.45) is 5.41. The molecule has 3 heterocycles. The summed E-state index contributed by atoms with van der Waals surface area (Å²) >= 11 is 6.81. The number of nitrogens with one attached hydrogen (secondary N) is 1. The minimum atomic E-state index is -0.345. The van der Waals surface area contributed by atoms with E-state index in [-0.39, 0.29) is 18.2 Å². The first-order chi connectivity index (χ1) is 15.3. The molecule has 0 saturated heterocycles. The number of aryl methyl sites for hydroxylation is 3. The molecule has 1 amide bonds. The molecule has 2 unspecified atom stereocenters. The van der Waals surface area contributed by atoms with Crippen LogP contribution in [0.25, 0.3) is 11.1 Å². The van der Waals surface area contributed by atoms with Crippen LogP contribution in [-0.2, 0) is 11.2 Å². The average Bonchev–Trinajstić information content (AvgIpc) is 3.12. The second kappa shape index (κ2) is 8.92. The minimum absolute atomic E-state index is 0.0871. The summed E-state index contributed by atoms with van der Waals surface area (Å²) in [6, 6.07) is 5.97. The van der Waals surface area contributed by atoms with Crippen molar-refractivity contribution in [1.82, 2.24) is 15.5 Å². The van der Waals surface area contributed by atoms with Crippen LogP contribution in [0.4, 0.5) is 5.69 Å². The second-order valence-corrected chi connectivity index (χ2v) is 8.55. The average molecular weight is 455 g/mol. The Morgan fingerprint density at radius 1 is 1.34 bits per heavy atom. The SMILES string of the molecule is COC1CCc2cc(-c3cncc(C(C)NC(=O)c4c(C)noc4C)c3Cl)ccc2N1C. The van der Waals surface area contributed by atoms with Crippen molar-refractivity contribution in [2.45, 2.75) is 45.9 Å². The van der Waals surface area contributed by atoms with Gasteiger partial charge < -0.3 is 19.5 Å². The molecule has 0 aliphatic carbocycles. The van der Waals surface area contributed by atoms with E-state index in [9.17, 15) is 4.79 Å². The first-order valence-electron chi connectivity index (χ1n) is 10.6. The van der Waals surface area contributed by atoms with Gasteiger partial charge in [-0.25, -0.2) is 0 Å². The number of fused-ring (bicyclic) bond motifs is 1. The molecule has 7 nitrogen and oxygen atoms in total. The number of hydrogen-bond acceptors (Lipinski definition) is 6. The highest BCUT2D eigenvalue weighted by atomic mass is 35.5. The summed E-state index contributed by atoms with van der Waals surface area (Å²) in [5.41, 5.74) is 5.99. The van der Waals surface area contributed by atoms with Gasteiger partial charge in [0.2, 0.25) is 0 Å². The Labute approximate surface area is 192 Å². The van der Waals surface area contributed by atoms with Crippen LogP contribution >= 0.6 is 11.6 Å². The molecule has 1 aliphatic rings. The maximum atomic E-state index is 12.8. The molecule has 2 aromatic heterocycles.